The van der Waals surface area contributed by atoms with Crippen molar-refractivity contribution in [3.8, 4) is 0 Å². The summed E-state index contributed by atoms with van der Waals surface area (Å²) < 4.78 is 0. The Morgan fingerprint density at radius 3 is 2.93 bits per heavy atom. The molecule has 0 aliphatic carbocycles. The average molecular weight is 194 g/mol. The van der Waals surface area contributed by atoms with Crippen LogP contribution in [0.2, 0.25) is 0 Å². The largest absolute Gasteiger partial charge is 0.353 e. The number of aromatic amines is 1. The fourth-order valence-electron chi connectivity index (χ4n) is 1.69. The zero-order valence-corrected chi connectivity index (χ0v) is 8.29. The van der Waals surface area contributed by atoms with Crippen LogP contribution in [0.4, 0.5) is 0 Å². The standard InChI is InChI=1S/C9H14N4O/c1-5-3-11-13-8(5)7-4-10-9(14)6(2)12-7/h3,6-7,12H,4H2,1-2H3,(H,10,14)(H,11,13). The van der Waals surface area contributed by atoms with E-state index in [-0.39, 0.29) is 18.0 Å². The van der Waals surface area contributed by atoms with Crippen LogP contribution in [0.25, 0.3) is 0 Å². The number of rotatable bonds is 1. The first-order valence-corrected chi connectivity index (χ1v) is 4.72. The molecule has 5 heteroatoms. The predicted molar refractivity (Wildman–Crippen MR) is 51.7 cm³/mol. The lowest BCUT2D eigenvalue weighted by molar-refractivity contribution is -0.124. The van der Waals surface area contributed by atoms with Crippen LogP contribution in [-0.4, -0.2) is 28.7 Å². The number of aryl methyl sites for hydroxylation is 1. The normalized spacial score (nSPS) is 27.4. The van der Waals surface area contributed by atoms with E-state index in [0.29, 0.717) is 6.54 Å². The molecule has 1 aliphatic rings. The van der Waals surface area contributed by atoms with E-state index >= 15 is 0 Å². The predicted octanol–water partition coefficient (Wildman–Crippen LogP) is -0.133. The lowest BCUT2D eigenvalue weighted by Gasteiger charge is -2.28. The van der Waals surface area contributed by atoms with E-state index in [9.17, 15) is 4.79 Å². The first-order valence-electron chi connectivity index (χ1n) is 4.72. The Morgan fingerprint density at radius 1 is 1.57 bits per heavy atom. The van der Waals surface area contributed by atoms with Gasteiger partial charge in [0.15, 0.2) is 0 Å². The van der Waals surface area contributed by atoms with Crippen molar-refractivity contribution in [2.75, 3.05) is 6.54 Å². The van der Waals surface area contributed by atoms with Crippen molar-refractivity contribution in [1.29, 1.82) is 0 Å². The van der Waals surface area contributed by atoms with Crippen molar-refractivity contribution in [1.82, 2.24) is 20.8 Å². The third-order valence-electron chi connectivity index (χ3n) is 2.54. The van der Waals surface area contributed by atoms with E-state index in [2.05, 4.69) is 20.8 Å². The van der Waals surface area contributed by atoms with Crippen molar-refractivity contribution in [3.05, 3.63) is 17.5 Å². The summed E-state index contributed by atoms with van der Waals surface area (Å²) in [6.07, 6.45) is 1.79. The number of carbonyl (C=O) groups is 1. The Morgan fingerprint density at radius 2 is 2.36 bits per heavy atom. The third kappa shape index (κ3) is 1.50. The Labute approximate surface area is 82.3 Å². The fraction of sp³-hybridized carbons (Fsp3) is 0.556. The van der Waals surface area contributed by atoms with Crippen molar-refractivity contribution in [2.24, 2.45) is 0 Å². The lowest BCUT2D eigenvalue weighted by atomic mass is 10.1. The quantitative estimate of drug-likeness (QED) is 0.583. The number of carbonyl (C=O) groups excluding carboxylic acids is 1. The van der Waals surface area contributed by atoms with E-state index < -0.39 is 0 Å². The molecule has 0 aromatic carbocycles. The second-order valence-electron chi connectivity index (χ2n) is 3.65. The first-order chi connectivity index (χ1) is 6.68. The van der Waals surface area contributed by atoms with Crippen LogP contribution in [0.3, 0.4) is 0 Å². The highest BCUT2D eigenvalue weighted by atomic mass is 16.2. The molecular formula is C9H14N4O. The molecule has 1 fully saturated rings. The maximum atomic E-state index is 11.2. The van der Waals surface area contributed by atoms with Gasteiger partial charge in [-0.3, -0.25) is 15.2 Å². The third-order valence-corrected chi connectivity index (χ3v) is 2.54. The number of piperazine rings is 1. The van der Waals surface area contributed by atoms with E-state index in [1.54, 1.807) is 6.20 Å². The second-order valence-corrected chi connectivity index (χ2v) is 3.65. The van der Waals surface area contributed by atoms with Gasteiger partial charge in [0, 0.05) is 6.54 Å². The highest BCUT2D eigenvalue weighted by Gasteiger charge is 2.26. The van der Waals surface area contributed by atoms with Gasteiger partial charge in [0.2, 0.25) is 5.91 Å². The number of amides is 1. The van der Waals surface area contributed by atoms with Crippen LogP contribution in [0.15, 0.2) is 6.20 Å². The molecule has 2 heterocycles. The van der Waals surface area contributed by atoms with Crippen LogP contribution in [0.5, 0.6) is 0 Å². The van der Waals surface area contributed by atoms with Gasteiger partial charge in [0.1, 0.15) is 0 Å². The Kier molecular flexibility index (Phi) is 2.25. The molecule has 0 bridgehead atoms. The summed E-state index contributed by atoms with van der Waals surface area (Å²) in [4.78, 5) is 11.2. The number of hydrogen-bond acceptors (Lipinski definition) is 3. The molecule has 0 saturated carbocycles. The summed E-state index contributed by atoms with van der Waals surface area (Å²) >= 11 is 0. The average Bonchev–Trinajstić information content (AvgIpc) is 2.57. The van der Waals surface area contributed by atoms with E-state index in [0.717, 1.165) is 11.3 Å². The summed E-state index contributed by atoms with van der Waals surface area (Å²) in [5.41, 5.74) is 2.17. The van der Waals surface area contributed by atoms with Crippen molar-refractivity contribution >= 4 is 5.91 Å². The number of H-pyrrole nitrogens is 1. The molecule has 2 rings (SSSR count). The highest BCUT2D eigenvalue weighted by molar-refractivity contribution is 5.82. The smallest absolute Gasteiger partial charge is 0.236 e. The molecule has 0 radical (unpaired) electrons. The van der Waals surface area contributed by atoms with Gasteiger partial charge in [0.25, 0.3) is 0 Å². The SMILES string of the molecule is Cc1cn[nH]c1C1CNC(=O)C(C)N1. The highest BCUT2D eigenvalue weighted by Crippen LogP contribution is 2.16. The van der Waals surface area contributed by atoms with Gasteiger partial charge in [-0.15, -0.1) is 0 Å². The van der Waals surface area contributed by atoms with E-state index in [1.807, 2.05) is 13.8 Å². The fourth-order valence-corrected chi connectivity index (χ4v) is 1.69. The molecule has 14 heavy (non-hydrogen) atoms. The van der Waals surface area contributed by atoms with Gasteiger partial charge in [-0.25, -0.2) is 0 Å². The van der Waals surface area contributed by atoms with Gasteiger partial charge in [-0.1, -0.05) is 0 Å². The molecular weight excluding hydrogens is 180 g/mol. The summed E-state index contributed by atoms with van der Waals surface area (Å²) in [7, 11) is 0. The molecule has 5 nitrogen and oxygen atoms in total. The van der Waals surface area contributed by atoms with Gasteiger partial charge in [-0.2, -0.15) is 5.10 Å². The van der Waals surface area contributed by atoms with Gasteiger partial charge >= 0.3 is 0 Å². The number of hydrogen-bond donors (Lipinski definition) is 3. The summed E-state index contributed by atoms with van der Waals surface area (Å²) in [6, 6.07) is 0.00153. The monoisotopic (exact) mass is 194 g/mol. The second kappa shape index (κ2) is 3.42. The minimum Gasteiger partial charge on any atom is -0.353 e. The molecule has 1 aliphatic heterocycles. The zero-order chi connectivity index (χ0) is 10.1. The van der Waals surface area contributed by atoms with Crippen LogP contribution in [-0.2, 0) is 4.79 Å². The Balaban J connectivity index is 2.14. The topological polar surface area (TPSA) is 69.8 Å². The molecule has 3 N–H and O–H groups in total. The van der Waals surface area contributed by atoms with Crippen molar-refractivity contribution in [2.45, 2.75) is 25.9 Å². The molecule has 1 amide bonds. The molecule has 1 aromatic heterocycles. The molecule has 1 saturated heterocycles. The zero-order valence-electron chi connectivity index (χ0n) is 8.29. The van der Waals surface area contributed by atoms with Crippen LogP contribution < -0.4 is 10.6 Å². The van der Waals surface area contributed by atoms with Crippen molar-refractivity contribution in [3.63, 3.8) is 0 Å². The number of aromatic nitrogens is 2. The minimum absolute atomic E-state index is 0.0541. The van der Waals surface area contributed by atoms with E-state index in [1.165, 1.54) is 0 Å². The maximum Gasteiger partial charge on any atom is 0.236 e. The molecule has 76 valence electrons. The summed E-state index contributed by atoms with van der Waals surface area (Å²) in [5, 5.41) is 13.0. The lowest BCUT2D eigenvalue weighted by Crippen LogP contribution is -2.53. The molecule has 0 spiro atoms. The first kappa shape index (κ1) is 9.21. The molecule has 2 unspecified atom stereocenters. The summed E-state index contributed by atoms with van der Waals surface area (Å²) in [5.74, 6) is 0.0541. The Hall–Kier alpha value is -1.36. The van der Waals surface area contributed by atoms with Gasteiger partial charge in [-0.05, 0) is 19.4 Å². The van der Waals surface area contributed by atoms with Gasteiger partial charge < -0.3 is 5.32 Å². The number of nitrogens with one attached hydrogen (secondary N) is 3. The van der Waals surface area contributed by atoms with Crippen molar-refractivity contribution < 1.29 is 4.79 Å². The van der Waals surface area contributed by atoms with E-state index in [4.69, 9.17) is 0 Å². The van der Waals surface area contributed by atoms with Crippen LogP contribution in [0, 0.1) is 6.92 Å². The molecule has 1 aromatic rings. The number of nitrogens with zero attached hydrogens (tertiary/aromatic N) is 1. The molecule has 2 atom stereocenters. The van der Waals surface area contributed by atoms with Crippen LogP contribution in [0.1, 0.15) is 24.2 Å². The maximum absolute atomic E-state index is 11.2. The minimum atomic E-state index is -0.142. The van der Waals surface area contributed by atoms with Gasteiger partial charge in [0.05, 0.1) is 24.0 Å². The Bertz CT molecular complexity index is 346. The van der Waals surface area contributed by atoms with Crippen LogP contribution >= 0.6 is 0 Å². The summed E-state index contributed by atoms with van der Waals surface area (Å²) in [6.45, 7) is 4.47.